The van der Waals surface area contributed by atoms with Gasteiger partial charge in [-0.2, -0.15) is 0 Å². The summed E-state index contributed by atoms with van der Waals surface area (Å²) in [5.74, 6) is 0.927. The SMILES string of the molecule is COc1ccccc1C(=O)N(CC(=O)N(Cc1ccco1)Cc1cccn1C)C1CC1. The molecule has 1 aliphatic carbocycles. The third kappa shape index (κ3) is 4.82. The molecule has 0 bridgehead atoms. The van der Waals surface area contributed by atoms with Crippen molar-refractivity contribution in [3.8, 4) is 5.75 Å². The number of ether oxygens (including phenoxy) is 1. The van der Waals surface area contributed by atoms with Gasteiger partial charge in [-0.25, -0.2) is 0 Å². The molecule has 0 saturated heterocycles. The number of carbonyl (C=O) groups is 2. The maximum atomic E-state index is 13.4. The molecule has 3 aromatic rings. The molecule has 7 nitrogen and oxygen atoms in total. The Morgan fingerprint density at radius 1 is 1.10 bits per heavy atom. The van der Waals surface area contributed by atoms with Gasteiger partial charge < -0.3 is 23.5 Å². The first kappa shape index (κ1) is 20.8. The number of hydrogen-bond acceptors (Lipinski definition) is 4. The molecule has 0 spiro atoms. The number of methoxy groups -OCH3 is 1. The summed E-state index contributed by atoms with van der Waals surface area (Å²) < 4.78 is 12.8. The van der Waals surface area contributed by atoms with Crippen LogP contribution in [0.2, 0.25) is 0 Å². The number of aromatic nitrogens is 1. The van der Waals surface area contributed by atoms with Crippen molar-refractivity contribution in [3.63, 3.8) is 0 Å². The molecule has 1 aromatic carbocycles. The van der Waals surface area contributed by atoms with E-state index in [9.17, 15) is 9.59 Å². The highest BCUT2D eigenvalue weighted by Crippen LogP contribution is 2.30. The molecule has 0 unspecified atom stereocenters. The van der Waals surface area contributed by atoms with Gasteiger partial charge in [-0.3, -0.25) is 9.59 Å². The molecule has 1 aliphatic rings. The molecular weight excluding hydrogens is 394 g/mol. The summed E-state index contributed by atoms with van der Waals surface area (Å²) in [5, 5.41) is 0. The van der Waals surface area contributed by atoms with E-state index in [2.05, 4.69) is 0 Å². The predicted molar refractivity (Wildman–Crippen MR) is 115 cm³/mol. The molecule has 2 aromatic heterocycles. The van der Waals surface area contributed by atoms with Crippen LogP contribution in [0.3, 0.4) is 0 Å². The second kappa shape index (κ2) is 9.12. The average Bonchev–Trinajstić information content (AvgIpc) is 3.35. The van der Waals surface area contributed by atoms with Crippen molar-refractivity contribution in [1.82, 2.24) is 14.4 Å². The van der Waals surface area contributed by atoms with Crippen LogP contribution in [0.15, 0.2) is 65.4 Å². The molecule has 1 saturated carbocycles. The molecule has 4 rings (SSSR count). The topological polar surface area (TPSA) is 67.9 Å². The van der Waals surface area contributed by atoms with Crippen LogP contribution in [0, 0.1) is 0 Å². The molecule has 0 aliphatic heterocycles. The van der Waals surface area contributed by atoms with Crippen LogP contribution in [0.5, 0.6) is 5.75 Å². The van der Waals surface area contributed by atoms with E-state index in [-0.39, 0.29) is 24.4 Å². The lowest BCUT2D eigenvalue weighted by atomic mass is 10.1. The van der Waals surface area contributed by atoms with Crippen molar-refractivity contribution < 1.29 is 18.7 Å². The standard InChI is InChI=1S/C24H27N3O4/c1-25-13-5-7-19(25)15-26(16-20-8-6-14-31-20)23(28)17-27(18-11-12-18)24(29)21-9-3-4-10-22(21)30-2/h3-10,13-14,18H,11-12,15-17H2,1-2H3. The number of nitrogens with zero attached hydrogens (tertiary/aromatic N) is 3. The third-order valence-electron chi connectivity index (χ3n) is 5.58. The van der Waals surface area contributed by atoms with Crippen molar-refractivity contribution >= 4 is 11.8 Å². The van der Waals surface area contributed by atoms with E-state index < -0.39 is 0 Å². The lowest BCUT2D eigenvalue weighted by molar-refractivity contribution is -0.133. The molecule has 2 heterocycles. The number of aryl methyl sites for hydroxylation is 1. The van der Waals surface area contributed by atoms with Gasteiger partial charge in [-0.05, 0) is 49.2 Å². The van der Waals surface area contributed by atoms with Gasteiger partial charge in [0, 0.05) is 25.0 Å². The van der Waals surface area contributed by atoms with Gasteiger partial charge in [0.25, 0.3) is 5.91 Å². The molecule has 162 valence electrons. The fraction of sp³-hybridized carbons (Fsp3) is 0.333. The molecule has 2 amide bonds. The number of benzene rings is 1. The van der Waals surface area contributed by atoms with Crippen LogP contribution in [0.4, 0.5) is 0 Å². The summed E-state index contributed by atoms with van der Waals surface area (Å²) in [5.41, 5.74) is 1.48. The quantitative estimate of drug-likeness (QED) is 0.531. The second-order valence-electron chi connectivity index (χ2n) is 7.80. The average molecular weight is 421 g/mol. The van der Waals surface area contributed by atoms with Gasteiger partial charge >= 0.3 is 0 Å². The summed E-state index contributed by atoms with van der Waals surface area (Å²) >= 11 is 0. The Labute approximate surface area is 181 Å². The maximum Gasteiger partial charge on any atom is 0.258 e. The molecule has 1 fully saturated rings. The minimum absolute atomic E-state index is 0.0205. The van der Waals surface area contributed by atoms with Crippen LogP contribution in [0.25, 0.3) is 0 Å². The predicted octanol–water partition coefficient (Wildman–Crippen LogP) is 3.46. The summed E-state index contributed by atoms with van der Waals surface area (Å²) in [4.78, 5) is 30.1. The zero-order valence-electron chi connectivity index (χ0n) is 17.9. The Bertz CT molecular complexity index is 1040. The van der Waals surface area contributed by atoms with E-state index in [1.165, 1.54) is 0 Å². The van der Waals surface area contributed by atoms with E-state index in [0.29, 0.717) is 30.2 Å². The van der Waals surface area contributed by atoms with Crippen LogP contribution >= 0.6 is 0 Å². The summed E-state index contributed by atoms with van der Waals surface area (Å²) in [6.07, 6.45) is 5.36. The maximum absolute atomic E-state index is 13.4. The van der Waals surface area contributed by atoms with Crippen LogP contribution in [0.1, 0.15) is 34.7 Å². The Morgan fingerprint density at radius 3 is 2.55 bits per heavy atom. The normalized spacial score (nSPS) is 13.1. The van der Waals surface area contributed by atoms with Crippen LogP contribution < -0.4 is 4.74 Å². The van der Waals surface area contributed by atoms with Crippen molar-refractivity contribution in [2.75, 3.05) is 13.7 Å². The number of hydrogen-bond donors (Lipinski definition) is 0. The smallest absolute Gasteiger partial charge is 0.258 e. The van der Waals surface area contributed by atoms with Crippen LogP contribution in [-0.2, 0) is 24.9 Å². The summed E-state index contributed by atoms with van der Waals surface area (Å²) in [6.45, 7) is 0.801. The van der Waals surface area contributed by atoms with Gasteiger partial charge in [0.15, 0.2) is 0 Å². The van der Waals surface area contributed by atoms with Gasteiger partial charge in [0.2, 0.25) is 5.91 Å². The second-order valence-corrected chi connectivity index (χ2v) is 7.80. The van der Waals surface area contributed by atoms with Gasteiger partial charge in [-0.15, -0.1) is 0 Å². The fourth-order valence-corrected chi connectivity index (χ4v) is 3.65. The van der Waals surface area contributed by atoms with E-state index in [4.69, 9.17) is 9.15 Å². The number of carbonyl (C=O) groups excluding carboxylic acids is 2. The van der Waals surface area contributed by atoms with Crippen LogP contribution in [-0.4, -0.2) is 45.9 Å². The zero-order valence-corrected chi connectivity index (χ0v) is 17.9. The number of amides is 2. The minimum atomic E-state index is -0.176. The zero-order chi connectivity index (χ0) is 21.8. The lowest BCUT2D eigenvalue weighted by Crippen LogP contribution is -2.43. The first-order valence-corrected chi connectivity index (χ1v) is 10.4. The molecule has 0 atom stereocenters. The lowest BCUT2D eigenvalue weighted by Gasteiger charge is -2.28. The fourth-order valence-electron chi connectivity index (χ4n) is 3.65. The molecule has 0 radical (unpaired) electrons. The van der Waals surface area contributed by atoms with E-state index >= 15 is 0 Å². The summed E-state index contributed by atoms with van der Waals surface area (Å²) in [6, 6.07) is 14.8. The van der Waals surface area contributed by atoms with Crippen molar-refractivity contribution in [2.45, 2.75) is 32.0 Å². The Hall–Kier alpha value is -3.48. The Balaban J connectivity index is 1.55. The first-order chi connectivity index (χ1) is 15.1. The largest absolute Gasteiger partial charge is 0.496 e. The third-order valence-corrected chi connectivity index (χ3v) is 5.58. The van der Waals surface area contributed by atoms with Gasteiger partial charge in [-0.1, -0.05) is 12.1 Å². The van der Waals surface area contributed by atoms with E-state index in [1.54, 1.807) is 41.4 Å². The number of rotatable bonds is 9. The van der Waals surface area contributed by atoms with Crippen molar-refractivity contribution in [1.29, 1.82) is 0 Å². The van der Waals surface area contributed by atoms with Gasteiger partial charge in [0.1, 0.15) is 18.1 Å². The number of para-hydroxylation sites is 1. The highest BCUT2D eigenvalue weighted by molar-refractivity contribution is 5.99. The monoisotopic (exact) mass is 421 g/mol. The highest BCUT2D eigenvalue weighted by atomic mass is 16.5. The Kier molecular flexibility index (Phi) is 6.11. The highest BCUT2D eigenvalue weighted by Gasteiger charge is 2.36. The molecule has 0 N–H and O–H groups in total. The van der Waals surface area contributed by atoms with E-state index in [0.717, 1.165) is 18.5 Å². The number of furan rings is 1. The molecular formula is C24H27N3O4. The van der Waals surface area contributed by atoms with Gasteiger partial charge in [0.05, 0.1) is 32.0 Å². The Morgan fingerprint density at radius 2 is 1.90 bits per heavy atom. The minimum Gasteiger partial charge on any atom is -0.496 e. The first-order valence-electron chi connectivity index (χ1n) is 10.4. The van der Waals surface area contributed by atoms with Crippen molar-refractivity contribution in [3.05, 3.63) is 78.0 Å². The molecule has 31 heavy (non-hydrogen) atoms. The van der Waals surface area contributed by atoms with E-state index in [1.807, 2.05) is 48.1 Å². The summed E-state index contributed by atoms with van der Waals surface area (Å²) in [7, 11) is 3.50. The van der Waals surface area contributed by atoms with Crippen molar-refractivity contribution in [2.24, 2.45) is 7.05 Å². The molecule has 7 heteroatoms.